The minimum absolute atomic E-state index is 0.604. The molecular weight excluding hydrogens is 174 g/mol. The predicted octanol–water partition coefficient (Wildman–Crippen LogP) is 1.91. The van der Waals surface area contributed by atoms with Crippen molar-refractivity contribution in [2.24, 2.45) is 5.92 Å². The van der Waals surface area contributed by atoms with Crippen molar-refractivity contribution in [2.45, 2.75) is 39.8 Å². The number of aromatic nitrogens is 2. The summed E-state index contributed by atoms with van der Waals surface area (Å²) in [6, 6.07) is 2.57. The standard InChI is InChI=1S/C11H21N3/c1-10(2)11(3)12-6-4-8-14-9-5-7-13-14/h5,7,9-12H,4,6,8H2,1-3H3. The molecule has 0 fully saturated rings. The minimum Gasteiger partial charge on any atom is -0.314 e. The summed E-state index contributed by atoms with van der Waals surface area (Å²) in [5.41, 5.74) is 0. The Kier molecular flexibility index (Phi) is 4.66. The molecule has 3 heteroatoms. The zero-order valence-corrected chi connectivity index (χ0v) is 9.40. The Morgan fingerprint density at radius 2 is 2.14 bits per heavy atom. The van der Waals surface area contributed by atoms with Gasteiger partial charge in [-0.2, -0.15) is 5.10 Å². The third kappa shape index (κ3) is 3.92. The van der Waals surface area contributed by atoms with Crippen LogP contribution in [-0.4, -0.2) is 22.4 Å². The molecule has 0 aliphatic carbocycles. The average Bonchev–Trinajstić information content (AvgIpc) is 2.64. The van der Waals surface area contributed by atoms with Gasteiger partial charge in [0.15, 0.2) is 0 Å². The van der Waals surface area contributed by atoms with Gasteiger partial charge >= 0.3 is 0 Å². The molecule has 1 aromatic rings. The van der Waals surface area contributed by atoms with Crippen molar-refractivity contribution in [1.82, 2.24) is 15.1 Å². The van der Waals surface area contributed by atoms with Gasteiger partial charge in [-0.25, -0.2) is 0 Å². The van der Waals surface area contributed by atoms with Crippen LogP contribution in [0.15, 0.2) is 18.5 Å². The third-order valence-electron chi connectivity index (χ3n) is 2.59. The van der Waals surface area contributed by atoms with Gasteiger partial charge < -0.3 is 5.32 Å². The third-order valence-corrected chi connectivity index (χ3v) is 2.59. The van der Waals surface area contributed by atoms with Crippen LogP contribution in [0.2, 0.25) is 0 Å². The lowest BCUT2D eigenvalue weighted by atomic mass is 10.1. The monoisotopic (exact) mass is 195 g/mol. The van der Waals surface area contributed by atoms with Crippen LogP contribution in [-0.2, 0) is 6.54 Å². The molecule has 1 rings (SSSR count). The van der Waals surface area contributed by atoms with Crippen LogP contribution in [0.4, 0.5) is 0 Å². The SMILES string of the molecule is CC(C)C(C)NCCCn1cccn1. The van der Waals surface area contributed by atoms with Crippen LogP contribution in [0.3, 0.4) is 0 Å². The summed E-state index contributed by atoms with van der Waals surface area (Å²) >= 11 is 0. The normalized spacial score (nSPS) is 13.4. The summed E-state index contributed by atoms with van der Waals surface area (Å²) in [5.74, 6) is 0.708. The van der Waals surface area contributed by atoms with Crippen LogP contribution in [0.5, 0.6) is 0 Å². The molecule has 1 unspecified atom stereocenters. The maximum Gasteiger partial charge on any atom is 0.0489 e. The molecular formula is C11H21N3. The molecule has 1 heterocycles. The molecule has 0 spiro atoms. The fourth-order valence-corrected chi connectivity index (χ4v) is 1.24. The van der Waals surface area contributed by atoms with Crippen LogP contribution in [0.25, 0.3) is 0 Å². The minimum atomic E-state index is 0.604. The quantitative estimate of drug-likeness (QED) is 0.703. The highest BCUT2D eigenvalue weighted by atomic mass is 15.3. The molecule has 14 heavy (non-hydrogen) atoms. The van der Waals surface area contributed by atoms with Crippen molar-refractivity contribution in [3.8, 4) is 0 Å². The first-order chi connectivity index (χ1) is 6.70. The van der Waals surface area contributed by atoms with E-state index >= 15 is 0 Å². The molecule has 3 nitrogen and oxygen atoms in total. The second-order valence-electron chi connectivity index (χ2n) is 4.11. The molecule has 0 radical (unpaired) electrons. The Morgan fingerprint density at radius 3 is 2.71 bits per heavy atom. The lowest BCUT2D eigenvalue weighted by Crippen LogP contribution is -2.31. The topological polar surface area (TPSA) is 29.9 Å². The molecule has 0 amide bonds. The summed E-state index contributed by atoms with van der Waals surface area (Å²) in [6.07, 6.45) is 4.97. The smallest absolute Gasteiger partial charge is 0.0489 e. The molecule has 0 aromatic carbocycles. The Morgan fingerprint density at radius 1 is 1.36 bits per heavy atom. The van der Waals surface area contributed by atoms with Crippen LogP contribution in [0.1, 0.15) is 27.2 Å². The maximum absolute atomic E-state index is 4.16. The maximum atomic E-state index is 4.16. The van der Waals surface area contributed by atoms with Gasteiger partial charge in [-0.05, 0) is 31.9 Å². The van der Waals surface area contributed by atoms with E-state index in [0.717, 1.165) is 19.5 Å². The lowest BCUT2D eigenvalue weighted by Gasteiger charge is -2.17. The van der Waals surface area contributed by atoms with Gasteiger partial charge in [0.2, 0.25) is 0 Å². The van der Waals surface area contributed by atoms with Gasteiger partial charge in [-0.15, -0.1) is 0 Å². The first kappa shape index (κ1) is 11.2. The van der Waals surface area contributed by atoms with Gasteiger partial charge in [-0.1, -0.05) is 13.8 Å². The molecule has 1 N–H and O–H groups in total. The second-order valence-corrected chi connectivity index (χ2v) is 4.11. The highest BCUT2D eigenvalue weighted by Crippen LogP contribution is 1.99. The summed E-state index contributed by atoms with van der Waals surface area (Å²) < 4.78 is 1.97. The zero-order chi connectivity index (χ0) is 10.4. The van der Waals surface area contributed by atoms with Gasteiger partial charge in [-0.3, -0.25) is 4.68 Å². The summed E-state index contributed by atoms with van der Waals surface area (Å²) in [6.45, 7) is 8.79. The Labute approximate surface area is 86.5 Å². The molecule has 0 aliphatic rings. The Hall–Kier alpha value is -0.830. The van der Waals surface area contributed by atoms with E-state index in [-0.39, 0.29) is 0 Å². The van der Waals surface area contributed by atoms with Crippen molar-refractivity contribution >= 4 is 0 Å². The molecule has 80 valence electrons. The summed E-state index contributed by atoms with van der Waals surface area (Å²) in [7, 11) is 0. The van der Waals surface area contributed by atoms with E-state index in [1.807, 2.05) is 23.1 Å². The van der Waals surface area contributed by atoms with Crippen molar-refractivity contribution in [3.05, 3.63) is 18.5 Å². The van der Waals surface area contributed by atoms with Gasteiger partial charge in [0.25, 0.3) is 0 Å². The molecule has 0 aliphatic heterocycles. The Balaban J connectivity index is 2.05. The number of rotatable bonds is 6. The number of hydrogen-bond acceptors (Lipinski definition) is 2. The first-order valence-electron chi connectivity index (χ1n) is 5.41. The summed E-state index contributed by atoms with van der Waals surface area (Å²) in [4.78, 5) is 0. The van der Waals surface area contributed by atoms with E-state index in [1.165, 1.54) is 0 Å². The fraction of sp³-hybridized carbons (Fsp3) is 0.727. The van der Waals surface area contributed by atoms with Crippen LogP contribution in [0, 0.1) is 5.92 Å². The van der Waals surface area contributed by atoms with Crippen molar-refractivity contribution in [2.75, 3.05) is 6.54 Å². The zero-order valence-electron chi connectivity index (χ0n) is 9.40. The van der Waals surface area contributed by atoms with Crippen molar-refractivity contribution in [3.63, 3.8) is 0 Å². The Bertz CT molecular complexity index is 229. The number of nitrogens with zero attached hydrogens (tertiary/aromatic N) is 2. The van der Waals surface area contributed by atoms with Crippen LogP contribution >= 0.6 is 0 Å². The van der Waals surface area contributed by atoms with Crippen LogP contribution < -0.4 is 5.32 Å². The van der Waals surface area contributed by atoms with E-state index < -0.39 is 0 Å². The van der Waals surface area contributed by atoms with Crippen molar-refractivity contribution in [1.29, 1.82) is 0 Å². The number of hydrogen-bond donors (Lipinski definition) is 1. The second kappa shape index (κ2) is 5.81. The van der Waals surface area contributed by atoms with E-state index in [4.69, 9.17) is 0 Å². The first-order valence-corrected chi connectivity index (χ1v) is 5.41. The highest BCUT2D eigenvalue weighted by molar-refractivity contribution is 4.77. The summed E-state index contributed by atoms with van der Waals surface area (Å²) in [5, 5.41) is 7.66. The van der Waals surface area contributed by atoms with Gasteiger partial charge in [0.1, 0.15) is 0 Å². The number of nitrogens with one attached hydrogen (secondary N) is 1. The van der Waals surface area contributed by atoms with Gasteiger partial charge in [0, 0.05) is 25.0 Å². The molecule has 1 atom stereocenters. The van der Waals surface area contributed by atoms with E-state index in [0.29, 0.717) is 12.0 Å². The molecule has 0 saturated heterocycles. The van der Waals surface area contributed by atoms with Gasteiger partial charge in [0.05, 0.1) is 0 Å². The molecule has 1 aromatic heterocycles. The predicted molar refractivity (Wildman–Crippen MR) is 59.1 cm³/mol. The van der Waals surface area contributed by atoms with E-state index in [2.05, 4.69) is 31.2 Å². The lowest BCUT2D eigenvalue weighted by molar-refractivity contribution is 0.414. The largest absolute Gasteiger partial charge is 0.314 e. The average molecular weight is 195 g/mol. The number of aryl methyl sites for hydroxylation is 1. The molecule has 0 saturated carbocycles. The van der Waals surface area contributed by atoms with E-state index in [1.54, 1.807) is 0 Å². The van der Waals surface area contributed by atoms with E-state index in [9.17, 15) is 0 Å². The fourth-order valence-electron chi connectivity index (χ4n) is 1.24. The van der Waals surface area contributed by atoms with Crippen molar-refractivity contribution < 1.29 is 0 Å². The highest BCUT2D eigenvalue weighted by Gasteiger charge is 2.04. The molecule has 0 bridgehead atoms.